The highest BCUT2D eigenvalue weighted by molar-refractivity contribution is 7.92. The van der Waals surface area contributed by atoms with E-state index in [1.54, 1.807) is 32.9 Å². The maximum atomic E-state index is 13.8. The third-order valence-electron chi connectivity index (χ3n) is 5.04. The molecule has 1 N–H and O–H groups in total. The van der Waals surface area contributed by atoms with Crippen LogP contribution < -0.4 is 9.62 Å². The lowest BCUT2D eigenvalue weighted by Gasteiger charge is -2.33. The molecule has 0 saturated heterocycles. The van der Waals surface area contributed by atoms with Crippen molar-refractivity contribution in [1.82, 2.24) is 10.2 Å². The van der Waals surface area contributed by atoms with Gasteiger partial charge in [-0.1, -0.05) is 36.2 Å². The third kappa shape index (κ3) is 7.78. The summed E-state index contributed by atoms with van der Waals surface area (Å²) in [5.41, 5.74) is 0.253. The number of amides is 2. The van der Waals surface area contributed by atoms with Crippen molar-refractivity contribution in [3.05, 3.63) is 63.6 Å². The molecule has 0 saturated carbocycles. The molecule has 0 heterocycles. The van der Waals surface area contributed by atoms with Gasteiger partial charge in [0.2, 0.25) is 21.8 Å². The van der Waals surface area contributed by atoms with Crippen LogP contribution in [0.5, 0.6) is 0 Å². The molecule has 0 radical (unpaired) electrons. The molecule has 2 aromatic rings. The number of carbonyl (C=O) groups excluding carboxylic acids is 2. The van der Waals surface area contributed by atoms with E-state index in [1.165, 1.54) is 11.0 Å². The second kappa shape index (κ2) is 12.0. The molecule has 2 rings (SSSR count). The van der Waals surface area contributed by atoms with Crippen LogP contribution in [0.4, 0.5) is 14.5 Å². The number of nitrogens with one attached hydrogen (secondary N) is 1. The molecule has 0 spiro atoms. The lowest BCUT2D eigenvalue weighted by atomic mass is 10.1. The quantitative estimate of drug-likeness (QED) is 0.476. The maximum absolute atomic E-state index is 13.8. The Balaban J connectivity index is 2.50. The summed E-state index contributed by atoms with van der Waals surface area (Å²) in [6.07, 6.45) is 1.06. The van der Waals surface area contributed by atoms with E-state index in [2.05, 4.69) is 5.32 Å². The van der Waals surface area contributed by atoms with Crippen LogP contribution in [0.25, 0.3) is 0 Å². The number of hydrogen-bond donors (Lipinski definition) is 1. The van der Waals surface area contributed by atoms with E-state index < -0.39 is 46.1 Å². The van der Waals surface area contributed by atoms with Crippen LogP contribution in [0.15, 0.2) is 36.4 Å². The highest BCUT2D eigenvalue weighted by Crippen LogP contribution is 2.25. The van der Waals surface area contributed by atoms with Crippen molar-refractivity contribution in [1.29, 1.82) is 0 Å². The average molecular weight is 550 g/mol. The first-order chi connectivity index (χ1) is 16.2. The standard InChI is InChI=1S/C23H27Cl2F2N3O4S/c1-5-21(23(32)28-14(2)3)29(12-15-6-7-16(24)10-18(15)25)22(31)13-30(35(4,33)34)17-8-9-19(26)20(27)11-17/h6-11,14,21H,5,12-13H2,1-4H3,(H,28,32). The molecular formula is C23H27Cl2F2N3O4S. The fourth-order valence-electron chi connectivity index (χ4n) is 3.39. The molecule has 0 aliphatic carbocycles. The first kappa shape index (κ1) is 28.8. The van der Waals surface area contributed by atoms with E-state index in [-0.39, 0.29) is 29.7 Å². The molecule has 12 heteroatoms. The Labute approximate surface area is 214 Å². The number of carbonyl (C=O) groups is 2. The molecule has 0 aromatic heterocycles. The Morgan fingerprint density at radius 3 is 2.23 bits per heavy atom. The lowest BCUT2D eigenvalue weighted by molar-refractivity contribution is -0.140. The minimum absolute atomic E-state index is 0.117. The summed E-state index contributed by atoms with van der Waals surface area (Å²) < 4.78 is 52.9. The Morgan fingerprint density at radius 1 is 1.06 bits per heavy atom. The van der Waals surface area contributed by atoms with Crippen LogP contribution in [0.1, 0.15) is 32.8 Å². The minimum atomic E-state index is -4.08. The van der Waals surface area contributed by atoms with E-state index >= 15 is 0 Å². The molecule has 0 aliphatic heterocycles. The highest BCUT2D eigenvalue weighted by Gasteiger charge is 2.32. The van der Waals surface area contributed by atoms with E-state index in [0.29, 0.717) is 21.0 Å². The molecule has 0 fully saturated rings. The van der Waals surface area contributed by atoms with E-state index in [9.17, 15) is 26.8 Å². The van der Waals surface area contributed by atoms with Gasteiger partial charge in [-0.3, -0.25) is 13.9 Å². The van der Waals surface area contributed by atoms with Gasteiger partial charge in [-0.15, -0.1) is 0 Å². The molecular weight excluding hydrogens is 523 g/mol. The number of anilines is 1. The third-order valence-corrected chi connectivity index (χ3v) is 6.77. The molecule has 2 aromatic carbocycles. The smallest absolute Gasteiger partial charge is 0.244 e. The van der Waals surface area contributed by atoms with E-state index in [4.69, 9.17) is 23.2 Å². The first-order valence-electron chi connectivity index (χ1n) is 10.7. The van der Waals surface area contributed by atoms with Crippen molar-refractivity contribution in [2.24, 2.45) is 0 Å². The van der Waals surface area contributed by atoms with Gasteiger partial charge < -0.3 is 10.2 Å². The Bertz CT molecular complexity index is 1200. The van der Waals surface area contributed by atoms with Gasteiger partial charge in [0.05, 0.1) is 11.9 Å². The molecule has 2 amide bonds. The normalized spacial score (nSPS) is 12.4. The van der Waals surface area contributed by atoms with Gasteiger partial charge in [0.1, 0.15) is 12.6 Å². The summed E-state index contributed by atoms with van der Waals surface area (Å²) in [6, 6.07) is 6.00. The Kier molecular flexibility index (Phi) is 9.88. The average Bonchev–Trinajstić information content (AvgIpc) is 2.74. The zero-order valence-electron chi connectivity index (χ0n) is 19.7. The second-order valence-corrected chi connectivity index (χ2v) is 11.0. The number of nitrogens with zero attached hydrogens (tertiary/aromatic N) is 2. The van der Waals surface area contributed by atoms with Crippen LogP contribution in [0.3, 0.4) is 0 Å². The van der Waals surface area contributed by atoms with Crippen molar-refractivity contribution < 1.29 is 26.8 Å². The van der Waals surface area contributed by atoms with E-state index in [1.807, 2.05) is 0 Å². The molecule has 192 valence electrons. The van der Waals surface area contributed by atoms with Crippen LogP contribution in [-0.4, -0.2) is 50.0 Å². The van der Waals surface area contributed by atoms with Gasteiger partial charge in [-0.05, 0) is 50.1 Å². The lowest BCUT2D eigenvalue weighted by Crippen LogP contribution is -2.53. The zero-order chi connectivity index (χ0) is 26.5. The summed E-state index contributed by atoms with van der Waals surface area (Å²) in [6.45, 7) is 4.37. The van der Waals surface area contributed by atoms with Crippen molar-refractivity contribution in [2.45, 2.75) is 45.8 Å². The Hall–Kier alpha value is -2.43. The fraction of sp³-hybridized carbons (Fsp3) is 0.391. The zero-order valence-corrected chi connectivity index (χ0v) is 22.0. The summed E-state index contributed by atoms with van der Waals surface area (Å²) in [5.74, 6) is -3.60. The first-order valence-corrected chi connectivity index (χ1v) is 13.3. The topological polar surface area (TPSA) is 86.8 Å². The fourth-order valence-corrected chi connectivity index (χ4v) is 4.70. The van der Waals surface area contributed by atoms with Crippen LogP contribution in [-0.2, 0) is 26.2 Å². The highest BCUT2D eigenvalue weighted by atomic mass is 35.5. The van der Waals surface area contributed by atoms with Gasteiger partial charge in [-0.2, -0.15) is 0 Å². The Morgan fingerprint density at radius 2 is 1.71 bits per heavy atom. The van der Waals surface area contributed by atoms with Gasteiger partial charge in [0, 0.05) is 28.7 Å². The van der Waals surface area contributed by atoms with Gasteiger partial charge >= 0.3 is 0 Å². The number of hydrogen-bond acceptors (Lipinski definition) is 4. The van der Waals surface area contributed by atoms with Crippen molar-refractivity contribution in [2.75, 3.05) is 17.1 Å². The van der Waals surface area contributed by atoms with Crippen LogP contribution >= 0.6 is 23.2 Å². The summed E-state index contributed by atoms with van der Waals surface area (Å²) in [7, 11) is -4.08. The molecule has 35 heavy (non-hydrogen) atoms. The molecule has 0 aliphatic rings. The number of rotatable bonds is 10. The summed E-state index contributed by atoms with van der Waals surface area (Å²) in [5, 5.41) is 3.39. The predicted molar refractivity (Wildman–Crippen MR) is 133 cm³/mol. The predicted octanol–water partition coefficient (Wildman–Crippen LogP) is 4.37. The van der Waals surface area contributed by atoms with Crippen molar-refractivity contribution >= 4 is 50.7 Å². The van der Waals surface area contributed by atoms with Gasteiger partial charge in [0.15, 0.2) is 11.6 Å². The molecule has 0 bridgehead atoms. The monoisotopic (exact) mass is 549 g/mol. The molecule has 7 nitrogen and oxygen atoms in total. The number of sulfonamides is 1. The summed E-state index contributed by atoms with van der Waals surface area (Å²) in [4.78, 5) is 27.6. The number of benzene rings is 2. The van der Waals surface area contributed by atoms with Crippen LogP contribution in [0.2, 0.25) is 10.0 Å². The molecule has 1 unspecified atom stereocenters. The van der Waals surface area contributed by atoms with Gasteiger partial charge in [-0.25, -0.2) is 17.2 Å². The molecule has 1 atom stereocenters. The second-order valence-electron chi connectivity index (χ2n) is 8.21. The minimum Gasteiger partial charge on any atom is -0.352 e. The van der Waals surface area contributed by atoms with Crippen molar-refractivity contribution in [3.63, 3.8) is 0 Å². The summed E-state index contributed by atoms with van der Waals surface area (Å²) >= 11 is 12.3. The van der Waals surface area contributed by atoms with Gasteiger partial charge in [0.25, 0.3) is 0 Å². The van der Waals surface area contributed by atoms with Crippen molar-refractivity contribution in [3.8, 4) is 0 Å². The van der Waals surface area contributed by atoms with E-state index in [0.717, 1.165) is 18.4 Å². The van der Waals surface area contributed by atoms with Crippen LogP contribution in [0, 0.1) is 11.6 Å². The SMILES string of the molecule is CCC(C(=O)NC(C)C)N(Cc1ccc(Cl)cc1Cl)C(=O)CN(c1ccc(F)c(F)c1)S(C)(=O)=O. The maximum Gasteiger partial charge on any atom is 0.244 e. The largest absolute Gasteiger partial charge is 0.352 e. The number of halogens is 4.